The van der Waals surface area contributed by atoms with E-state index in [0.717, 1.165) is 22.6 Å². The van der Waals surface area contributed by atoms with Gasteiger partial charge in [-0.3, -0.25) is 0 Å². The van der Waals surface area contributed by atoms with Gasteiger partial charge in [-0.1, -0.05) is 0 Å². The normalized spacial score (nSPS) is 11.7. The van der Waals surface area contributed by atoms with Gasteiger partial charge < -0.3 is 0 Å². The molecule has 0 nitrogen and oxygen atoms in total. The molecular weight excluding hydrogens is 267 g/mol. The maximum atomic E-state index is 12.3. The van der Waals surface area contributed by atoms with Crippen LogP contribution in [0.1, 0.15) is 19.8 Å². The molecule has 0 N–H and O–H groups in total. The van der Waals surface area contributed by atoms with E-state index >= 15 is 0 Å². The average Bonchev–Trinajstić information content (AvgIpc) is 2.18. The molecule has 0 aliphatic carbocycles. The first-order valence-corrected chi connectivity index (χ1v) is 7.03. The Bertz CT molecular complexity index is 295. The Morgan fingerprint density at radius 1 is 1.13 bits per heavy atom. The van der Waals surface area contributed by atoms with Gasteiger partial charge in [-0.2, -0.15) is 0 Å². The van der Waals surface area contributed by atoms with Gasteiger partial charge in [0.15, 0.2) is 0 Å². The third kappa shape index (κ3) is 4.31. The van der Waals surface area contributed by atoms with Gasteiger partial charge in [-0.15, -0.1) is 0 Å². The van der Waals surface area contributed by atoms with Crippen LogP contribution in [-0.2, 0) is 0 Å². The molecule has 1 rings (SSSR count). The van der Waals surface area contributed by atoms with Gasteiger partial charge in [-0.25, -0.2) is 0 Å². The van der Waals surface area contributed by atoms with Gasteiger partial charge in [-0.05, 0) is 0 Å². The summed E-state index contributed by atoms with van der Waals surface area (Å²) in [6.07, 6.45) is 2.30. The van der Waals surface area contributed by atoms with Gasteiger partial charge in [0, 0.05) is 0 Å². The van der Waals surface area contributed by atoms with E-state index in [4.69, 9.17) is 0 Å². The van der Waals surface area contributed by atoms with Gasteiger partial charge in [0.25, 0.3) is 0 Å². The molecule has 0 heterocycles. The summed E-state index contributed by atoms with van der Waals surface area (Å²) >= 11 is 0.327. The molecule has 1 aromatic rings. The second-order valence-electron chi connectivity index (χ2n) is 3.35. The predicted molar refractivity (Wildman–Crippen MR) is 60.3 cm³/mol. The zero-order valence-corrected chi connectivity index (χ0v) is 10.3. The topological polar surface area (TPSA) is 0 Å². The van der Waals surface area contributed by atoms with Crippen LogP contribution in [0.2, 0.25) is 5.32 Å². The molecule has 0 radical (unpaired) electrons. The van der Waals surface area contributed by atoms with E-state index in [1.165, 1.54) is 12.1 Å². The van der Waals surface area contributed by atoms with Crippen molar-refractivity contribution in [2.24, 2.45) is 0 Å². The Morgan fingerprint density at radius 3 is 2.20 bits per heavy atom. The van der Waals surface area contributed by atoms with Crippen LogP contribution in [0.25, 0.3) is 0 Å². The Kier molecular flexibility index (Phi) is 4.74. The zero-order valence-electron chi connectivity index (χ0n) is 8.55. The summed E-state index contributed by atoms with van der Waals surface area (Å²) < 4.78 is 37.9. The molecule has 0 aliphatic heterocycles. The Labute approximate surface area is 94.5 Å². The number of halogens is 3. The van der Waals surface area contributed by atoms with Crippen LogP contribution in [0.4, 0.5) is 12.9 Å². The van der Waals surface area contributed by atoms with Crippen molar-refractivity contribution in [1.29, 1.82) is 0 Å². The van der Waals surface area contributed by atoms with Crippen LogP contribution in [0, 0.1) is 0 Å². The fourth-order valence-corrected chi connectivity index (χ4v) is 3.21. The van der Waals surface area contributed by atoms with Crippen LogP contribution in [0.3, 0.4) is 0 Å². The van der Waals surface area contributed by atoms with Crippen LogP contribution in [0.15, 0.2) is 24.3 Å². The van der Waals surface area contributed by atoms with Crippen LogP contribution in [-0.4, -0.2) is 21.9 Å². The summed E-state index contributed by atoms with van der Waals surface area (Å²) in [6.45, 7) is -2.72. The molecule has 0 aromatic heterocycles. The Hall–Kier alpha value is -0.406. The van der Waals surface area contributed by atoms with E-state index in [1.807, 2.05) is 0 Å². The molecule has 84 valence electrons. The first-order chi connectivity index (χ1) is 7.04. The van der Waals surface area contributed by atoms with Crippen LogP contribution >= 0.6 is 0 Å². The summed E-state index contributed by atoms with van der Waals surface area (Å²) in [5, 5.41) is 1.11. The van der Waals surface area contributed by atoms with E-state index < -0.39 is 12.4 Å². The van der Waals surface area contributed by atoms with Crippen LogP contribution < -0.4 is 9.92 Å². The van der Waals surface area contributed by atoms with Crippen molar-refractivity contribution < 1.29 is 12.9 Å². The second kappa shape index (κ2) is 5.62. The molecule has 0 atom stereocenters. The minimum absolute atomic E-state index is 0.327. The first kappa shape index (κ1) is 12.7. The molecule has 0 unspecified atom stereocenters. The minimum atomic E-state index is -4.83. The van der Waals surface area contributed by atoms with Gasteiger partial charge >= 0.3 is 94.2 Å². The number of rotatable bonds is 5. The Balaban J connectivity index is 2.57. The summed E-state index contributed by atoms with van der Waals surface area (Å²) in [5.41, 5.74) is -0.495. The molecule has 0 bridgehead atoms. The SMILES string of the molecule is CCCC[Se]c1ccc([B-](F)(F)F)cc1. The summed E-state index contributed by atoms with van der Waals surface area (Å²) in [5.74, 6) is 0. The monoisotopic (exact) mass is 281 g/mol. The molecule has 0 aliphatic rings. The van der Waals surface area contributed by atoms with Gasteiger partial charge in [0.1, 0.15) is 0 Å². The predicted octanol–water partition coefficient (Wildman–Crippen LogP) is 2.29. The molecule has 5 heteroatoms. The fraction of sp³-hybridized carbons (Fsp3) is 0.400. The van der Waals surface area contributed by atoms with E-state index in [-0.39, 0.29) is 0 Å². The molecule has 0 saturated carbocycles. The maximum absolute atomic E-state index is 12.3. The van der Waals surface area contributed by atoms with Crippen molar-refractivity contribution in [3.63, 3.8) is 0 Å². The molecule has 1 aromatic carbocycles. The molecule has 0 amide bonds. The average molecular weight is 280 g/mol. The van der Waals surface area contributed by atoms with E-state index in [2.05, 4.69) is 6.92 Å². The van der Waals surface area contributed by atoms with Crippen molar-refractivity contribution >= 4 is 31.9 Å². The molecule has 0 saturated heterocycles. The molecule has 0 fully saturated rings. The first-order valence-electron chi connectivity index (χ1n) is 4.96. The fourth-order valence-electron chi connectivity index (χ4n) is 1.12. The number of unbranched alkanes of at least 4 members (excludes halogenated alkanes) is 1. The zero-order chi connectivity index (χ0) is 11.3. The van der Waals surface area contributed by atoms with Gasteiger partial charge in [0.2, 0.25) is 0 Å². The standard InChI is InChI=1S/C10H13BF3Se/c1-2-3-8-15-10-6-4-9(5-7-10)11(12,13)14/h4-7H,2-3,8H2,1H3/q-1. The van der Waals surface area contributed by atoms with Crippen molar-refractivity contribution in [2.45, 2.75) is 25.1 Å². The second-order valence-corrected chi connectivity index (χ2v) is 5.80. The number of benzene rings is 1. The van der Waals surface area contributed by atoms with Crippen molar-refractivity contribution in [3.8, 4) is 0 Å². The van der Waals surface area contributed by atoms with E-state index in [0.29, 0.717) is 15.0 Å². The van der Waals surface area contributed by atoms with Crippen LogP contribution in [0.5, 0.6) is 0 Å². The van der Waals surface area contributed by atoms with Gasteiger partial charge in [0.05, 0.1) is 0 Å². The van der Waals surface area contributed by atoms with E-state index in [1.54, 1.807) is 12.1 Å². The third-order valence-corrected chi connectivity index (χ3v) is 4.33. The van der Waals surface area contributed by atoms with Crippen molar-refractivity contribution in [1.82, 2.24) is 0 Å². The third-order valence-electron chi connectivity index (χ3n) is 2.02. The molecule has 0 spiro atoms. The van der Waals surface area contributed by atoms with E-state index in [9.17, 15) is 12.9 Å². The molecule has 15 heavy (non-hydrogen) atoms. The number of hydrogen-bond acceptors (Lipinski definition) is 0. The summed E-state index contributed by atoms with van der Waals surface area (Å²) in [7, 11) is 0. The quantitative estimate of drug-likeness (QED) is 0.573. The van der Waals surface area contributed by atoms with Crippen molar-refractivity contribution in [2.75, 3.05) is 0 Å². The number of hydrogen-bond donors (Lipinski definition) is 0. The Morgan fingerprint density at radius 2 is 1.73 bits per heavy atom. The molecular formula is C10H13BF3Se-. The summed E-state index contributed by atoms with van der Waals surface area (Å²) in [6, 6.07) is 5.62. The summed E-state index contributed by atoms with van der Waals surface area (Å²) in [4.78, 5) is 0. The van der Waals surface area contributed by atoms with Crippen molar-refractivity contribution in [3.05, 3.63) is 24.3 Å².